The molecule has 0 aromatic heterocycles. The van der Waals surface area contributed by atoms with E-state index in [1.165, 1.54) is 84.9 Å². The fraction of sp³-hybridized carbons (Fsp3) is 0.321. The van der Waals surface area contributed by atoms with Crippen molar-refractivity contribution in [3.8, 4) is 23.0 Å². The van der Waals surface area contributed by atoms with Gasteiger partial charge in [0.1, 0.15) is 23.0 Å². The molecule has 0 saturated carbocycles. The van der Waals surface area contributed by atoms with Gasteiger partial charge in [0.25, 0.3) is 5.91 Å². The summed E-state index contributed by atoms with van der Waals surface area (Å²) in [5.41, 5.74) is 30.4. The molecular weight excluding hydrogens is 1180 g/mol. The number of benzene rings is 4. The topological polar surface area (TPSA) is 344 Å². The van der Waals surface area contributed by atoms with Gasteiger partial charge in [-0.3, -0.25) is 24.0 Å². The van der Waals surface area contributed by atoms with Crippen LogP contribution in [0.4, 0.5) is 11.4 Å². The molecule has 0 atom stereocenters. The quantitative estimate of drug-likeness (QED) is 0.0294. The number of carbonyl (C=O) groups excluding carboxylic acids is 5. The van der Waals surface area contributed by atoms with E-state index in [1.807, 2.05) is 0 Å². The van der Waals surface area contributed by atoms with Crippen LogP contribution in [0.1, 0.15) is 96.3 Å². The summed E-state index contributed by atoms with van der Waals surface area (Å²) in [6, 6.07) is 22.9. The molecule has 24 heteroatoms. The van der Waals surface area contributed by atoms with Crippen molar-refractivity contribution < 1.29 is 133 Å². The van der Waals surface area contributed by atoms with Gasteiger partial charge in [0.05, 0.1) is 5.56 Å². The summed E-state index contributed by atoms with van der Waals surface area (Å²) in [5, 5.41) is 31.6. The molecule has 0 aliphatic rings. The fourth-order valence-corrected chi connectivity index (χ4v) is 13.9. The maximum atomic E-state index is 12.0. The Labute approximate surface area is 502 Å². The van der Waals surface area contributed by atoms with Crippen LogP contribution in [0.2, 0.25) is 32.2 Å². The number of carbonyl (C=O) groups is 8. The van der Waals surface area contributed by atoms with Crippen LogP contribution in [0.15, 0.2) is 107 Å². The Hall–Kier alpha value is -5.40. The van der Waals surface area contributed by atoms with Crippen LogP contribution in [0.25, 0.3) is 22.9 Å². The molecule has 0 heterocycles. The van der Waals surface area contributed by atoms with Gasteiger partial charge in [0.15, 0.2) is 34.0 Å². The molecule has 0 fully saturated rings. The van der Waals surface area contributed by atoms with Crippen LogP contribution in [-0.2, 0) is 88.7 Å². The number of carboxylic acids is 3. The molecule has 0 unspecified atom stereocenters. The van der Waals surface area contributed by atoms with Crippen molar-refractivity contribution in [1.82, 2.24) is 5.32 Å². The van der Waals surface area contributed by atoms with E-state index in [4.69, 9.17) is 51.8 Å². The Balaban J connectivity index is 0. The summed E-state index contributed by atoms with van der Waals surface area (Å²) in [6.45, 7) is 19.1. The summed E-state index contributed by atoms with van der Waals surface area (Å²) in [5.74, 6) is -3.49. The van der Waals surface area contributed by atoms with Crippen LogP contribution in [0.5, 0.6) is 23.0 Å². The number of hydrogen-bond donors (Lipinski definition) is 5. The first-order valence-electron chi connectivity index (χ1n) is 23.3. The molecule has 0 aliphatic carbocycles. The Bertz CT molecular complexity index is 2680. The predicted octanol–water partition coefficient (Wildman–Crippen LogP) is 12.3. The number of anilines is 1. The zero-order valence-corrected chi connectivity index (χ0v) is 53.0. The molecule has 77 heavy (non-hydrogen) atoms. The third-order valence-electron chi connectivity index (χ3n) is 10.6. The van der Waals surface area contributed by atoms with Crippen LogP contribution >= 0.6 is 0 Å². The van der Waals surface area contributed by atoms with Crippen molar-refractivity contribution in [3.05, 3.63) is 152 Å². The average molecular weight is 1250 g/mol. The van der Waals surface area contributed by atoms with Crippen molar-refractivity contribution in [2.75, 3.05) is 31.1 Å². The normalized spacial score (nSPS) is 11.1. The standard InChI is InChI=1S/C19H16O6.C18H17N2O4.C8H13N2O3.C8H22N2OSi2.2Y/c1-10(20)15-6-4-13(8-17(15)11(2)21)25-14-5-7-16(19(23)24)18(9-14)12(3)22;1-11(12(2)18(22)23)17(21)20-14-5-9-16(10-6-14)24-15-7-3-13(19)4-8-15;1-5(6(2)8(12)13)7(11)10-4-3-9;1-12(2,7-5-6-9)11-13(3,4)8-10;;/h4-9H,1-3H3,(H,23,24);3-10,19H,1-2H3,(H,20,21)(H,22,23);9H,3-4H2,1-2H3,(H,10,11)(H,12,13);9-10H,5-8H2,1-4H3;;/q;2*-1;-2;;/b;12-11-;6-5-;;;. The first-order chi connectivity index (χ1) is 34.9. The van der Waals surface area contributed by atoms with Crippen molar-refractivity contribution >= 4 is 75.1 Å². The molecule has 20 nitrogen and oxygen atoms in total. The van der Waals surface area contributed by atoms with Crippen LogP contribution in [-0.4, -0.2) is 105 Å². The number of aliphatic carboxylic acids is 2. The van der Waals surface area contributed by atoms with Gasteiger partial charge in [-0.15, -0.1) is 18.4 Å². The molecule has 4 aromatic carbocycles. The van der Waals surface area contributed by atoms with Crippen molar-refractivity contribution in [2.24, 2.45) is 0 Å². The van der Waals surface area contributed by atoms with Crippen molar-refractivity contribution in [2.45, 2.75) is 87.1 Å². The predicted molar refractivity (Wildman–Crippen MR) is 294 cm³/mol. The monoisotopic (exact) mass is 1250 g/mol. The summed E-state index contributed by atoms with van der Waals surface area (Å²) in [6.07, 6.45) is 1.39. The molecule has 9 N–H and O–H groups in total. The van der Waals surface area contributed by atoms with E-state index < -0.39 is 52.1 Å². The molecule has 412 valence electrons. The van der Waals surface area contributed by atoms with E-state index in [9.17, 15) is 38.4 Å². The number of amides is 2. The second kappa shape index (κ2) is 35.9. The number of rotatable bonds is 21. The van der Waals surface area contributed by atoms with Gasteiger partial charge in [-0.1, -0.05) is 18.6 Å². The Morgan fingerprint density at radius 2 is 0.909 bits per heavy atom. The van der Waals surface area contributed by atoms with Gasteiger partial charge in [0, 0.05) is 110 Å². The van der Waals surface area contributed by atoms with Gasteiger partial charge in [-0.2, -0.15) is 6.54 Å². The van der Waals surface area contributed by atoms with Gasteiger partial charge in [-0.05, 0) is 160 Å². The molecule has 2 amide bonds. The van der Waals surface area contributed by atoms with Crippen molar-refractivity contribution in [1.29, 1.82) is 0 Å². The average Bonchev–Trinajstić information content (AvgIpc) is 3.35. The first-order valence-corrected chi connectivity index (χ1v) is 29.5. The Morgan fingerprint density at radius 3 is 1.31 bits per heavy atom. The minimum Gasteiger partial charge on any atom is -0.699 e. The Morgan fingerprint density at radius 1 is 0.506 bits per heavy atom. The molecule has 2 radical (unpaired) electrons. The maximum Gasteiger partial charge on any atom is 0.336 e. The van der Waals surface area contributed by atoms with Crippen LogP contribution < -0.4 is 20.1 Å². The van der Waals surface area contributed by atoms with E-state index in [0.29, 0.717) is 46.9 Å². The van der Waals surface area contributed by atoms with E-state index in [2.05, 4.69) is 36.8 Å². The van der Waals surface area contributed by atoms with Crippen molar-refractivity contribution in [3.63, 3.8) is 0 Å². The number of carboxylic acid groups (broad SMARTS) is 3. The third kappa shape index (κ3) is 27.2. The maximum absolute atomic E-state index is 12.0. The number of Topliss-reactive ketones (excluding diaryl/α,β-unsaturated/α-hetero) is 3. The number of aromatic carboxylic acids is 1. The van der Waals surface area contributed by atoms with Gasteiger partial charge in [-0.25, -0.2) is 14.4 Å². The second-order valence-corrected chi connectivity index (χ2v) is 26.6. The summed E-state index contributed by atoms with van der Waals surface area (Å²) in [4.78, 5) is 90.5. The number of hydrogen-bond acceptors (Lipinski definition) is 11. The summed E-state index contributed by atoms with van der Waals surface area (Å²) >= 11 is 0. The minimum atomic E-state index is -1.70. The largest absolute Gasteiger partial charge is 0.699 e. The number of nitrogens with one attached hydrogen (secondary N) is 6. The molecular formula is C53H68N6O14Si2Y2-4. The summed E-state index contributed by atoms with van der Waals surface area (Å²) in [7, 11) is -3.25. The van der Waals surface area contributed by atoms with Crippen LogP contribution in [0.3, 0.4) is 0 Å². The third-order valence-corrected chi connectivity index (χ3v) is 17.4. The molecule has 0 saturated heterocycles. The van der Waals surface area contributed by atoms with Gasteiger partial charge < -0.3 is 62.5 Å². The fourth-order valence-electron chi connectivity index (χ4n) is 6.20. The van der Waals surface area contributed by atoms with Crippen LogP contribution in [0, 0.1) is 0 Å². The molecule has 0 spiro atoms. The molecule has 0 aliphatic heterocycles. The Kier molecular flexibility index (Phi) is 34.4. The molecule has 4 aromatic rings. The number of ether oxygens (including phenoxy) is 2. The second-order valence-electron chi connectivity index (χ2n) is 17.9. The van der Waals surface area contributed by atoms with Gasteiger partial charge in [0.2, 0.25) is 5.91 Å². The van der Waals surface area contributed by atoms with E-state index >= 15 is 0 Å². The molecule has 4 rings (SSSR count). The molecule has 0 bridgehead atoms. The summed E-state index contributed by atoms with van der Waals surface area (Å²) < 4.78 is 17.3. The van der Waals surface area contributed by atoms with E-state index in [-0.39, 0.29) is 135 Å². The zero-order chi connectivity index (χ0) is 57.4. The smallest absolute Gasteiger partial charge is 0.336 e. The minimum absolute atomic E-state index is 0. The zero-order valence-electron chi connectivity index (χ0n) is 45.3. The number of ketones is 3. The van der Waals surface area contributed by atoms with E-state index in [1.54, 1.807) is 48.5 Å². The van der Waals surface area contributed by atoms with E-state index in [0.717, 1.165) is 12.5 Å². The van der Waals surface area contributed by atoms with Gasteiger partial charge >= 0.3 is 17.9 Å². The first kappa shape index (κ1) is 73.7. The SMILES string of the molecule is C/C(C(=O)O)=C(\C)C(=O)NCC[NH-].C/C(C(=O)O)=C(\C)C(=O)Nc1ccc(Oc2ccc([NH-])cc2)cc1.CC(=O)c1ccc(Oc2ccc(C(=O)O)c(C(C)=O)c2)cc1C(C)=O.C[Si](C)(C[NH-])O[Si](C)(C)CCC[NH-].[Y].[Y].